The van der Waals surface area contributed by atoms with E-state index in [1.54, 1.807) is 6.33 Å². The van der Waals surface area contributed by atoms with Crippen LogP contribution in [0.1, 0.15) is 36.3 Å². The molecule has 0 saturated carbocycles. The van der Waals surface area contributed by atoms with E-state index in [0.29, 0.717) is 13.0 Å². The number of H-pyrrole nitrogens is 1. The molecule has 0 spiro atoms. The van der Waals surface area contributed by atoms with Gasteiger partial charge in [-0.2, -0.15) is 0 Å². The van der Waals surface area contributed by atoms with Crippen molar-refractivity contribution in [1.29, 1.82) is 0 Å². The molecule has 1 aliphatic rings. The van der Waals surface area contributed by atoms with Crippen molar-refractivity contribution >= 4 is 5.97 Å². The molecule has 6 nitrogen and oxygen atoms in total. The molecular formula is C16H19N3O3. The van der Waals surface area contributed by atoms with Crippen molar-refractivity contribution in [1.82, 2.24) is 15.3 Å². The number of carboxylic acid groups (broad SMARTS) is 1. The summed E-state index contributed by atoms with van der Waals surface area (Å²) < 4.78 is 5.57. The Labute approximate surface area is 128 Å². The van der Waals surface area contributed by atoms with E-state index in [1.807, 2.05) is 24.3 Å². The Balaban J connectivity index is 1.85. The van der Waals surface area contributed by atoms with E-state index in [4.69, 9.17) is 4.74 Å². The minimum absolute atomic E-state index is 0.226. The van der Waals surface area contributed by atoms with Crippen LogP contribution < -0.4 is 10.1 Å². The van der Waals surface area contributed by atoms with Gasteiger partial charge >= 0.3 is 5.97 Å². The maximum Gasteiger partial charge on any atom is 0.321 e. The van der Waals surface area contributed by atoms with Crippen LogP contribution in [0.2, 0.25) is 0 Å². The SMILES string of the molecule is CCCOc1ccc([C@H]2N[C@@H](C(=O)O)Cc3[nH]cnc32)cc1. The number of rotatable bonds is 5. The van der Waals surface area contributed by atoms with Crippen LogP contribution in [0.5, 0.6) is 5.75 Å². The first kappa shape index (κ1) is 14.6. The quantitative estimate of drug-likeness (QED) is 0.785. The van der Waals surface area contributed by atoms with Gasteiger partial charge in [-0.15, -0.1) is 0 Å². The van der Waals surface area contributed by atoms with Gasteiger partial charge in [-0.1, -0.05) is 19.1 Å². The molecule has 1 aromatic heterocycles. The Hall–Kier alpha value is -2.34. The topological polar surface area (TPSA) is 87.2 Å². The average Bonchev–Trinajstić information content (AvgIpc) is 3.01. The number of nitrogens with zero attached hydrogens (tertiary/aromatic N) is 1. The summed E-state index contributed by atoms with van der Waals surface area (Å²) in [6, 6.07) is 6.87. The Kier molecular flexibility index (Phi) is 4.11. The summed E-state index contributed by atoms with van der Waals surface area (Å²) >= 11 is 0. The van der Waals surface area contributed by atoms with Crippen LogP contribution in [0.15, 0.2) is 30.6 Å². The molecular weight excluding hydrogens is 282 g/mol. The van der Waals surface area contributed by atoms with Gasteiger partial charge in [-0.25, -0.2) is 4.98 Å². The smallest absolute Gasteiger partial charge is 0.321 e. The second kappa shape index (κ2) is 6.19. The lowest BCUT2D eigenvalue weighted by atomic mass is 9.94. The van der Waals surface area contributed by atoms with Crippen molar-refractivity contribution < 1.29 is 14.6 Å². The zero-order chi connectivity index (χ0) is 15.5. The van der Waals surface area contributed by atoms with Gasteiger partial charge in [-0.3, -0.25) is 10.1 Å². The van der Waals surface area contributed by atoms with Crippen molar-refractivity contribution in [3.05, 3.63) is 47.5 Å². The number of hydrogen-bond donors (Lipinski definition) is 3. The summed E-state index contributed by atoms with van der Waals surface area (Å²) in [5, 5.41) is 12.4. The molecule has 0 bridgehead atoms. The van der Waals surface area contributed by atoms with Crippen molar-refractivity contribution in [2.75, 3.05) is 6.61 Å². The number of carboxylic acids is 1. The molecule has 0 radical (unpaired) electrons. The summed E-state index contributed by atoms with van der Waals surface area (Å²) in [7, 11) is 0. The number of carbonyl (C=O) groups is 1. The average molecular weight is 301 g/mol. The van der Waals surface area contributed by atoms with Crippen LogP contribution >= 0.6 is 0 Å². The van der Waals surface area contributed by atoms with Gasteiger partial charge in [0.2, 0.25) is 0 Å². The molecule has 0 fully saturated rings. The van der Waals surface area contributed by atoms with E-state index in [0.717, 1.165) is 29.1 Å². The van der Waals surface area contributed by atoms with Crippen LogP contribution in [-0.4, -0.2) is 33.7 Å². The fourth-order valence-electron chi connectivity index (χ4n) is 2.68. The molecule has 0 unspecified atom stereocenters. The van der Waals surface area contributed by atoms with E-state index in [1.165, 1.54) is 0 Å². The second-order valence-electron chi connectivity index (χ2n) is 5.38. The monoisotopic (exact) mass is 301 g/mol. The normalized spacial score (nSPS) is 20.4. The first-order valence-electron chi connectivity index (χ1n) is 7.42. The molecule has 1 aromatic carbocycles. The Morgan fingerprint density at radius 1 is 1.41 bits per heavy atom. The van der Waals surface area contributed by atoms with Gasteiger partial charge < -0.3 is 14.8 Å². The number of ether oxygens (including phenoxy) is 1. The Morgan fingerprint density at radius 3 is 2.86 bits per heavy atom. The van der Waals surface area contributed by atoms with Gasteiger partial charge in [0.1, 0.15) is 11.8 Å². The van der Waals surface area contributed by atoms with Gasteiger partial charge in [0.15, 0.2) is 0 Å². The molecule has 3 rings (SSSR count). The third-order valence-corrected chi connectivity index (χ3v) is 3.79. The minimum Gasteiger partial charge on any atom is -0.494 e. The summed E-state index contributed by atoms with van der Waals surface area (Å²) in [6.07, 6.45) is 2.99. The number of nitrogens with one attached hydrogen (secondary N) is 2. The molecule has 1 aliphatic heterocycles. The predicted octanol–water partition coefficient (Wildman–Crippen LogP) is 1.89. The minimum atomic E-state index is -0.854. The summed E-state index contributed by atoms with van der Waals surface area (Å²) in [5.74, 6) is -0.0356. The maximum atomic E-state index is 11.3. The standard InChI is InChI=1S/C16H19N3O3/c1-2-7-22-11-5-3-10(4-6-11)14-15-12(17-9-18-15)8-13(19-14)16(20)21/h3-6,9,13-14,19H,2,7-8H2,1H3,(H,17,18)(H,20,21)/t13-,14-/m1/s1. The van der Waals surface area contributed by atoms with E-state index in [-0.39, 0.29) is 6.04 Å². The lowest BCUT2D eigenvalue weighted by Crippen LogP contribution is -2.45. The lowest BCUT2D eigenvalue weighted by molar-refractivity contribution is -0.139. The predicted molar refractivity (Wildman–Crippen MR) is 80.9 cm³/mol. The molecule has 3 N–H and O–H groups in total. The molecule has 2 heterocycles. The first-order valence-corrected chi connectivity index (χ1v) is 7.42. The number of hydrogen-bond acceptors (Lipinski definition) is 4. The highest BCUT2D eigenvalue weighted by Crippen LogP contribution is 2.29. The van der Waals surface area contributed by atoms with E-state index in [9.17, 15) is 9.90 Å². The lowest BCUT2D eigenvalue weighted by Gasteiger charge is -2.28. The van der Waals surface area contributed by atoms with Crippen LogP contribution in [-0.2, 0) is 11.2 Å². The summed E-state index contributed by atoms with van der Waals surface area (Å²) in [4.78, 5) is 18.7. The second-order valence-corrected chi connectivity index (χ2v) is 5.38. The third kappa shape index (κ3) is 2.82. The number of imidazole rings is 1. The maximum absolute atomic E-state index is 11.3. The van der Waals surface area contributed by atoms with E-state index >= 15 is 0 Å². The Morgan fingerprint density at radius 2 is 2.18 bits per heavy atom. The highest BCUT2D eigenvalue weighted by atomic mass is 16.5. The number of aliphatic carboxylic acids is 1. The molecule has 0 amide bonds. The van der Waals surface area contributed by atoms with Gasteiger partial charge in [0.25, 0.3) is 0 Å². The molecule has 0 aliphatic carbocycles. The zero-order valence-electron chi connectivity index (χ0n) is 12.4. The summed E-state index contributed by atoms with van der Waals surface area (Å²) in [5.41, 5.74) is 2.71. The van der Waals surface area contributed by atoms with Crippen molar-refractivity contribution in [3.8, 4) is 5.75 Å². The zero-order valence-corrected chi connectivity index (χ0v) is 12.4. The van der Waals surface area contributed by atoms with Crippen molar-refractivity contribution in [2.45, 2.75) is 31.8 Å². The van der Waals surface area contributed by atoms with E-state index < -0.39 is 12.0 Å². The molecule has 2 atom stereocenters. The van der Waals surface area contributed by atoms with Gasteiger partial charge in [-0.05, 0) is 24.1 Å². The van der Waals surface area contributed by atoms with Crippen LogP contribution in [0.25, 0.3) is 0 Å². The number of aromatic nitrogens is 2. The fraction of sp³-hybridized carbons (Fsp3) is 0.375. The highest BCUT2D eigenvalue weighted by Gasteiger charge is 2.33. The molecule has 22 heavy (non-hydrogen) atoms. The molecule has 116 valence electrons. The van der Waals surface area contributed by atoms with Crippen LogP contribution in [0.4, 0.5) is 0 Å². The van der Waals surface area contributed by atoms with Gasteiger partial charge in [0, 0.05) is 12.1 Å². The van der Waals surface area contributed by atoms with Gasteiger partial charge in [0.05, 0.1) is 24.7 Å². The third-order valence-electron chi connectivity index (χ3n) is 3.79. The summed E-state index contributed by atoms with van der Waals surface area (Å²) in [6.45, 7) is 2.75. The van der Waals surface area contributed by atoms with E-state index in [2.05, 4.69) is 22.2 Å². The number of fused-ring (bicyclic) bond motifs is 1. The number of benzene rings is 1. The van der Waals surface area contributed by atoms with Crippen LogP contribution in [0.3, 0.4) is 0 Å². The Bertz CT molecular complexity index is 651. The highest BCUT2D eigenvalue weighted by molar-refractivity contribution is 5.74. The largest absolute Gasteiger partial charge is 0.494 e. The fourth-order valence-corrected chi connectivity index (χ4v) is 2.68. The van der Waals surface area contributed by atoms with Crippen molar-refractivity contribution in [3.63, 3.8) is 0 Å². The van der Waals surface area contributed by atoms with Crippen LogP contribution in [0, 0.1) is 0 Å². The van der Waals surface area contributed by atoms with Crippen molar-refractivity contribution in [2.24, 2.45) is 0 Å². The molecule has 2 aromatic rings. The first-order chi connectivity index (χ1) is 10.7. The molecule has 0 saturated heterocycles. The molecule has 6 heteroatoms. The number of aromatic amines is 1.